The smallest absolute Gasteiger partial charge is 0.307 e. The van der Waals surface area contributed by atoms with Crippen LogP contribution in [0.4, 0.5) is 5.69 Å². The van der Waals surface area contributed by atoms with Crippen molar-refractivity contribution in [3.05, 3.63) is 50.4 Å². The minimum atomic E-state index is -0.971. The Morgan fingerprint density at radius 1 is 1.06 bits per heavy atom. The Morgan fingerprint density at radius 3 is 2.31 bits per heavy atom. The molecule has 1 N–H and O–H groups in total. The molecule has 9 nitrogen and oxygen atoms in total. The van der Waals surface area contributed by atoms with Crippen LogP contribution in [-0.4, -0.2) is 63.8 Å². The molecule has 0 radical (unpaired) electrons. The SMILES string of the molecule is O=C(O)[C@@H]1CC=CC[C@@H]1C(=O)N1CCN(C(=O)c2sc3cc([N+](=O)[O-])ccc3c2Cl)CC1. The van der Waals surface area contributed by atoms with E-state index in [2.05, 4.69) is 0 Å². The molecular weight excluding hydrogens is 458 g/mol. The zero-order valence-electron chi connectivity index (χ0n) is 16.9. The summed E-state index contributed by atoms with van der Waals surface area (Å²) in [4.78, 5) is 51.5. The first kappa shape index (κ1) is 22.2. The third kappa shape index (κ3) is 4.07. The molecule has 1 aliphatic carbocycles. The molecule has 0 bridgehead atoms. The number of benzene rings is 1. The molecule has 1 saturated heterocycles. The van der Waals surface area contributed by atoms with E-state index in [1.54, 1.807) is 15.9 Å². The summed E-state index contributed by atoms with van der Waals surface area (Å²) in [6, 6.07) is 4.29. The lowest BCUT2D eigenvalue weighted by Gasteiger charge is -2.37. The number of allylic oxidation sites excluding steroid dienone is 2. The molecule has 2 aromatic rings. The number of thiophene rings is 1. The van der Waals surface area contributed by atoms with E-state index >= 15 is 0 Å². The molecule has 1 fully saturated rings. The zero-order valence-corrected chi connectivity index (χ0v) is 18.5. The van der Waals surface area contributed by atoms with Crippen molar-refractivity contribution in [2.24, 2.45) is 11.8 Å². The van der Waals surface area contributed by atoms with Crippen molar-refractivity contribution in [2.45, 2.75) is 12.8 Å². The highest BCUT2D eigenvalue weighted by Crippen LogP contribution is 2.38. The van der Waals surface area contributed by atoms with Crippen molar-refractivity contribution < 1.29 is 24.4 Å². The number of rotatable bonds is 4. The molecule has 2 amide bonds. The number of hydrogen-bond donors (Lipinski definition) is 1. The molecule has 1 aliphatic heterocycles. The molecule has 4 rings (SSSR count). The minimum absolute atomic E-state index is 0.0706. The van der Waals surface area contributed by atoms with Crippen LogP contribution in [0.2, 0.25) is 5.02 Å². The Hall–Kier alpha value is -2.98. The molecule has 1 aromatic carbocycles. The van der Waals surface area contributed by atoms with Gasteiger partial charge in [0, 0.05) is 48.4 Å². The predicted molar refractivity (Wildman–Crippen MR) is 119 cm³/mol. The van der Waals surface area contributed by atoms with Crippen LogP contribution in [0.25, 0.3) is 10.1 Å². The molecule has 2 atom stereocenters. The second-order valence-corrected chi connectivity index (χ2v) is 9.22. The summed E-state index contributed by atoms with van der Waals surface area (Å²) in [6.07, 6.45) is 4.38. The number of carbonyl (C=O) groups is 3. The number of amides is 2. The molecule has 0 unspecified atom stereocenters. The molecule has 2 heterocycles. The number of fused-ring (bicyclic) bond motifs is 1. The normalized spacial score (nSPS) is 21.0. The molecule has 11 heteroatoms. The number of nitro benzene ring substituents is 1. The van der Waals surface area contributed by atoms with Crippen molar-refractivity contribution >= 4 is 56.5 Å². The van der Waals surface area contributed by atoms with Crippen LogP contribution in [0.3, 0.4) is 0 Å². The summed E-state index contributed by atoms with van der Waals surface area (Å²) in [5, 5.41) is 21.3. The van der Waals surface area contributed by atoms with Gasteiger partial charge >= 0.3 is 5.97 Å². The quantitative estimate of drug-likeness (QED) is 0.409. The standard InChI is InChI=1S/C21H20ClN3O6S/c22-17-15-6-5-12(25(30)31)11-16(15)32-18(17)20(27)24-9-7-23(8-10-24)19(26)13-3-1-2-4-14(13)21(28)29/h1-2,5-6,11,13-14H,3-4,7-10H2,(H,28,29)/t13-,14+/m0/s1. The average molecular weight is 478 g/mol. The van der Waals surface area contributed by atoms with Crippen LogP contribution in [0.5, 0.6) is 0 Å². The van der Waals surface area contributed by atoms with Crippen molar-refractivity contribution in [3.8, 4) is 0 Å². The second-order valence-electron chi connectivity index (χ2n) is 7.79. The lowest BCUT2D eigenvalue weighted by molar-refractivity contribution is -0.384. The van der Waals surface area contributed by atoms with Crippen LogP contribution in [0.15, 0.2) is 30.4 Å². The number of nitrogens with zero attached hydrogens (tertiary/aromatic N) is 3. The molecule has 168 valence electrons. The van der Waals surface area contributed by atoms with Crippen LogP contribution in [0.1, 0.15) is 22.5 Å². The maximum Gasteiger partial charge on any atom is 0.307 e. The largest absolute Gasteiger partial charge is 0.481 e. The highest BCUT2D eigenvalue weighted by Gasteiger charge is 2.37. The summed E-state index contributed by atoms with van der Waals surface area (Å²) in [7, 11) is 0. The van der Waals surface area contributed by atoms with Crippen LogP contribution >= 0.6 is 22.9 Å². The lowest BCUT2D eigenvalue weighted by atomic mass is 9.82. The number of carboxylic acid groups (broad SMARTS) is 1. The van der Waals surface area contributed by atoms with Crippen molar-refractivity contribution in [2.75, 3.05) is 26.2 Å². The van der Waals surface area contributed by atoms with Crippen LogP contribution < -0.4 is 0 Å². The first-order chi connectivity index (χ1) is 15.3. The van der Waals surface area contributed by atoms with Crippen molar-refractivity contribution in [1.82, 2.24) is 9.80 Å². The Morgan fingerprint density at radius 2 is 1.69 bits per heavy atom. The fourth-order valence-electron chi connectivity index (χ4n) is 4.17. The van der Waals surface area contributed by atoms with Gasteiger partial charge < -0.3 is 14.9 Å². The Labute approximate surface area is 192 Å². The van der Waals surface area contributed by atoms with Gasteiger partial charge in [0.15, 0.2) is 0 Å². The first-order valence-electron chi connectivity index (χ1n) is 10.1. The van der Waals surface area contributed by atoms with Crippen LogP contribution in [0, 0.1) is 22.0 Å². The number of aliphatic carboxylic acids is 1. The van der Waals surface area contributed by atoms with Gasteiger partial charge in [-0.1, -0.05) is 23.8 Å². The highest BCUT2D eigenvalue weighted by molar-refractivity contribution is 7.21. The summed E-state index contributed by atoms with van der Waals surface area (Å²) in [5.74, 6) is -2.77. The molecule has 2 aliphatic rings. The maximum atomic E-state index is 13.1. The van der Waals surface area contributed by atoms with E-state index in [-0.39, 0.29) is 22.5 Å². The fourth-order valence-corrected chi connectivity index (χ4v) is 5.69. The second kappa shape index (κ2) is 8.87. The summed E-state index contributed by atoms with van der Waals surface area (Å²) >= 11 is 7.51. The van der Waals surface area contributed by atoms with E-state index in [1.807, 2.05) is 6.08 Å². The number of carbonyl (C=O) groups excluding carboxylic acids is 2. The molecule has 0 saturated carbocycles. The van der Waals surface area contributed by atoms with Crippen molar-refractivity contribution in [3.63, 3.8) is 0 Å². The Balaban J connectivity index is 1.45. The summed E-state index contributed by atoms with van der Waals surface area (Å²) in [5.41, 5.74) is -0.0706. The number of non-ortho nitro benzene ring substituents is 1. The summed E-state index contributed by atoms with van der Waals surface area (Å²) < 4.78 is 0.562. The zero-order chi connectivity index (χ0) is 23.0. The van der Waals surface area contributed by atoms with Gasteiger partial charge in [0.1, 0.15) is 4.88 Å². The third-order valence-corrected chi connectivity index (χ3v) is 7.61. The fraction of sp³-hybridized carbons (Fsp3) is 0.381. The average Bonchev–Trinajstić information content (AvgIpc) is 3.14. The van der Waals surface area contributed by atoms with Gasteiger partial charge in [0.05, 0.1) is 21.8 Å². The molecule has 0 spiro atoms. The van der Waals surface area contributed by atoms with E-state index in [9.17, 15) is 29.6 Å². The van der Waals surface area contributed by atoms with Gasteiger partial charge in [-0.15, -0.1) is 11.3 Å². The Kier molecular flexibility index (Phi) is 6.16. The van der Waals surface area contributed by atoms with E-state index in [4.69, 9.17) is 11.6 Å². The van der Waals surface area contributed by atoms with Gasteiger partial charge in [-0.2, -0.15) is 0 Å². The van der Waals surface area contributed by atoms with Gasteiger partial charge in [0.25, 0.3) is 11.6 Å². The lowest BCUT2D eigenvalue weighted by Crippen LogP contribution is -2.53. The molecule has 32 heavy (non-hydrogen) atoms. The monoisotopic (exact) mass is 477 g/mol. The van der Waals surface area contributed by atoms with Gasteiger partial charge in [-0.05, 0) is 18.9 Å². The van der Waals surface area contributed by atoms with E-state index in [0.717, 1.165) is 11.3 Å². The maximum absolute atomic E-state index is 13.1. The van der Waals surface area contributed by atoms with E-state index in [1.165, 1.54) is 18.2 Å². The van der Waals surface area contributed by atoms with Gasteiger partial charge in [-0.3, -0.25) is 24.5 Å². The van der Waals surface area contributed by atoms with E-state index < -0.39 is 22.7 Å². The predicted octanol–water partition coefficient (Wildman–Crippen LogP) is 3.41. The molecule has 1 aromatic heterocycles. The van der Waals surface area contributed by atoms with Crippen molar-refractivity contribution in [1.29, 1.82) is 0 Å². The first-order valence-corrected chi connectivity index (χ1v) is 11.3. The topological polar surface area (TPSA) is 121 Å². The Bertz CT molecular complexity index is 1140. The van der Waals surface area contributed by atoms with Gasteiger partial charge in [0.2, 0.25) is 5.91 Å². The number of piperazine rings is 1. The minimum Gasteiger partial charge on any atom is -0.481 e. The van der Waals surface area contributed by atoms with Gasteiger partial charge in [-0.25, -0.2) is 0 Å². The number of halogens is 1. The number of carboxylic acids is 1. The third-order valence-electron chi connectivity index (χ3n) is 5.96. The van der Waals surface area contributed by atoms with Crippen LogP contribution in [-0.2, 0) is 9.59 Å². The number of nitro groups is 1. The summed E-state index contributed by atoms with van der Waals surface area (Å²) in [6.45, 7) is 1.22. The number of hydrogen-bond acceptors (Lipinski definition) is 6. The highest BCUT2D eigenvalue weighted by atomic mass is 35.5. The van der Waals surface area contributed by atoms with E-state index in [0.29, 0.717) is 54.0 Å². The molecular formula is C21H20ClN3O6S.